The highest BCUT2D eigenvalue weighted by Gasteiger charge is 2.03. The van der Waals surface area contributed by atoms with Gasteiger partial charge in [0.25, 0.3) is 0 Å². The van der Waals surface area contributed by atoms with Gasteiger partial charge in [-0.2, -0.15) is 0 Å². The maximum Gasteiger partial charge on any atom is 0.246 e. The smallest absolute Gasteiger partial charge is 0.246 e. The molecule has 0 saturated carbocycles. The topological polar surface area (TPSA) is 58.6 Å². The van der Waals surface area contributed by atoms with Crippen LogP contribution in [-0.2, 0) is 22.7 Å². The Kier molecular flexibility index (Phi) is 5.66. The van der Waals surface area contributed by atoms with Crippen LogP contribution in [-0.4, -0.2) is 23.7 Å². The van der Waals surface area contributed by atoms with Gasteiger partial charge in [0.05, 0.1) is 12.7 Å². The lowest BCUT2D eigenvalue weighted by Gasteiger charge is -2.09. The van der Waals surface area contributed by atoms with Crippen LogP contribution < -0.4 is 5.32 Å². The highest BCUT2D eigenvalue weighted by atomic mass is 16.5. The van der Waals surface area contributed by atoms with Crippen LogP contribution in [0.15, 0.2) is 24.3 Å². The van der Waals surface area contributed by atoms with Gasteiger partial charge in [-0.3, -0.25) is 4.79 Å². The summed E-state index contributed by atoms with van der Waals surface area (Å²) in [4.78, 5) is 11.4. The van der Waals surface area contributed by atoms with Gasteiger partial charge in [-0.05, 0) is 25.0 Å². The molecule has 0 spiro atoms. The van der Waals surface area contributed by atoms with E-state index in [1.807, 2.05) is 38.1 Å². The van der Waals surface area contributed by atoms with E-state index >= 15 is 0 Å². The number of amides is 1. The SMILES string of the molecule is CC(C)OCC(=O)NCc1cccc(CO)c1. The molecule has 0 aliphatic rings. The van der Waals surface area contributed by atoms with Gasteiger partial charge in [0, 0.05) is 6.54 Å². The second-order valence-corrected chi connectivity index (χ2v) is 4.11. The van der Waals surface area contributed by atoms with Crippen molar-refractivity contribution in [1.82, 2.24) is 5.32 Å². The molecule has 1 aromatic carbocycles. The zero-order valence-corrected chi connectivity index (χ0v) is 10.3. The first-order valence-electron chi connectivity index (χ1n) is 5.69. The molecule has 1 aromatic rings. The number of carbonyl (C=O) groups is 1. The third-order valence-corrected chi connectivity index (χ3v) is 2.21. The molecule has 0 heterocycles. The zero-order chi connectivity index (χ0) is 12.7. The van der Waals surface area contributed by atoms with Crippen LogP contribution in [0.25, 0.3) is 0 Å². The van der Waals surface area contributed by atoms with Gasteiger partial charge < -0.3 is 15.2 Å². The minimum absolute atomic E-state index is 0.0121. The van der Waals surface area contributed by atoms with Gasteiger partial charge in [0.2, 0.25) is 5.91 Å². The minimum Gasteiger partial charge on any atom is -0.392 e. The lowest BCUT2D eigenvalue weighted by Crippen LogP contribution is -2.28. The maximum atomic E-state index is 11.4. The lowest BCUT2D eigenvalue weighted by atomic mass is 10.1. The summed E-state index contributed by atoms with van der Waals surface area (Å²) in [5.74, 6) is -0.131. The van der Waals surface area contributed by atoms with E-state index in [2.05, 4.69) is 5.32 Å². The average molecular weight is 237 g/mol. The molecule has 1 amide bonds. The van der Waals surface area contributed by atoms with Crippen LogP contribution in [0.3, 0.4) is 0 Å². The number of carbonyl (C=O) groups excluding carboxylic acids is 1. The number of ether oxygens (including phenoxy) is 1. The predicted octanol–water partition coefficient (Wildman–Crippen LogP) is 1.22. The van der Waals surface area contributed by atoms with Crippen molar-refractivity contribution in [3.8, 4) is 0 Å². The van der Waals surface area contributed by atoms with Crippen LogP contribution in [0.4, 0.5) is 0 Å². The molecule has 0 fully saturated rings. The third-order valence-electron chi connectivity index (χ3n) is 2.21. The Morgan fingerprint density at radius 1 is 1.41 bits per heavy atom. The molecule has 1 rings (SSSR count). The van der Waals surface area contributed by atoms with Crippen LogP contribution in [0.2, 0.25) is 0 Å². The summed E-state index contributed by atoms with van der Waals surface area (Å²) in [7, 11) is 0. The quantitative estimate of drug-likeness (QED) is 0.782. The van der Waals surface area contributed by atoms with Crippen LogP contribution in [0, 0.1) is 0 Å². The van der Waals surface area contributed by atoms with Crippen LogP contribution in [0.5, 0.6) is 0 Å². The summed E-state index contributed by atoms with van der Waals surface area (Å²) in [5.41, 5.74) is 1.81. The minimum atomic E-state index is -0.131. The maximum absolute atomic E-state index is 11.4. The molecule has 0 aliphatic carbocycles. The van der Waals surface area contributed by atoms with E-state index in [9.17, 15) is 4.79 Å². The van der Waals surface area contributed by atoms with Crippen molar-refractivity contribution in [2.75, 3.05) is 6.61 Å². The fourth-order valence-electron chi connectivity index (χ4n) is 1.33. The standard InChI is InChI=1S/C13H19NO3/c1-10(2)17-9-13(16)14-7-11-4-3-5-12(6-11)8-15/h3-6,10,15H,7-9H2,1-2H3,(H,14,16). The molecular formula is C13H19NO3. The molecule has 0 aliphatic heterocycles. The molecule has 0 bridgehead atoms. The van der Waals surface area contributed by atoms with E-state index < -0.39 is 0 Å². The van der Waals surface area contributed by atoms with E-state index in [1.165, 1.54) is 0 Å². The summed E-state index contributed by atoms with van der Waals surface area (Å²) >= 11 is 0. The monoisotopic (exact) mass is 237 g/mol. The Morgan fingerprint density at radius 3 is 2.76 bits per heavy atom. The second-order valence-electron chi connectivity index (χ2n) is 4.11. The van der Waals surface area contributed by atoms with Gasteiger partial charge in [-0.1, -0.05) is 24.3 Å². The number of benzene rings is 1. The Hall–Kier alpha value is -1.39. The molecule has 17 heavy (non-hydrogen) atoms. The predicted molar refractivity (Wildman–Crippen MR) is 65.3 cm³/mol. The average Bonchev–Trinajstić information content (AvgIpc) is 2.34. The Morgan fingerprint density at radius 2 is 2.12 bits per heavy atom. The Balaban J connectivity index is 2.36. The molecule has 2 N–H and O–H groups in total. The number of hydrogen-bond acceptors (Lipinski definition) is 3. The largest absolute Gasteiger partial charge is 0.392 e. The highest BCUT2D eigenvalue weighted by molar-refractivity contribution is 5.77. The molecule has 0 radical (unpaired) electrons. The number of rotatable bonds is 6. The summed E-state index contributed by atoms with van der Waals surface area (Å²) in [6.07, 6.45) is 0.0541. The van der Waals surface area contributed by atoms with Crippen molar-refractivity contribution in [3.63, 3.8) is 0 Å². The van der Waals surface area contributed by atoms with Crippen LogP contribution in [0.1, 0.15) is 25.0 Å². The van der Waals surface area contributed by atoms with Gasteiger partial charge in [-0.25, -0.2) is 0 Å². The van der Waals surface area contributed by atoms with Crippen molar-refractivity contribution in [1.29, 1.82) is 0 Å². The summed E-state index contributed by atoms with van der Waals surface area (Å²) < 4.78 is 5.18. The third kappa shape index (κ3) is 5.47. The van der Waals surface area contributed by atoms with Gasteiger partial charge in [-0.15, -0.1) is 0 Å². The second kappa shape index (κ2) is 7.04. The molecule has 0 unspecified atom stereocenters. The molecule has 94 valence electrons. The zero-order valence-electron chi connectivity index (χ0n) is 10.3. The van der Waals surface area contributed by atoms with Crippen molar-refractivity contribution >= 4 is 5.91 Å². The molecular weight excluding hydrogens is 218 g/mol. The normalized spacial score (nSPS) is 10.6. The lowest BCUT2D eigenvalue weighted by molar-refractivity contribution is -0.127. The van der Waals surface area contributed by atoms with Crippen molar-refractivity contribution in [2.45, 2.75) is 33.1 Å². The van der Waals surface area contributed by atoms with Gasteiger partial charge >= 0.3 is 0 Å². The van der Waals surface area contributed by atoms with Crippen molar-refractivity contribution < 1.29 is 14.6 Å². The first-order valence-corrected chi connectivity index (χ1v) is 5.69. The molecule has 0 saturated heterocycles. The Bertz CT molecular complexity index is 363. The van der Waals surface area contributed by atoms with Crippen LogP contribution >= 0.6 is 0 Å². The van der Waals surface area contributed by atoms with Crippen molar-refractivity contribution in [2.24, 2.45) is 0 Å². The number of aliphatic hydroxyl groups is 1. The summed E-state index contributed by atoms with van der Waals surface area (Å²) in [6, 6.07) is 7.47. The summed E-state index contributed by atoms with van der Waals surface area (Å²) in [6.45, 7) is 4.32. The highest BCUT2D eigenvalue weighted by Crippen LogP contribution is 2.04. The van der Waals surface area contributed by atoms with E-state index in [4.69, 9.17) is 9.84 Å². The van der Waals surface area contributed by atoms with E-state index in [-0.39, 0.29) is 25.2 Å². The first-order chi connectivity index (χ1) is 8.11. The van der Waals surface area contributed by atoms with E-state index in [0.717, 1.165) is 11.1 Å². The molecule has 4 heteroatoms. The van der Waals surface area contributed by atoms with E-state index in [1.54, 1.807) is 0 Å². The number of aliphatic hydroxyl groups excluding tert-OH is 1. The molecule has 0 aromatic heterocycles. The Labute approximate surface area is 102 Å². The first kappa shape index (κ1) is 13.7. The fraction of sp³-hybridized carbons (Fsp3) is 0.462. The number of nitrogens with one attached hydrogen (secondary N) is 1. The van der Waals surface area contributed by atoms with Gasteiger partial charge in [0.1, 0.15) is 6.61 Å². The fourth-order valence-corrected chi connectivity index (χ4v) is 1.33. The van der Waals surface area contributed by atoms with E-state index in [0.29, 0.717) is 6.54 Å². The summed E-state index contributed by atoms with van der Waals surface area (Å²) in [5, 5.41) is 11.7. The van der Waals surface area contributed by atoms with Crippen molar-refractivity contribution in [3.05, 3.63) is 35.4 Å². The number of hydrogen-bond donors (Lipinski definition) is 2. The van der Waals surface area contributed by atoms with Gasteiger partial charge in [0.15, 0.2) is 0 Å². The molecule has 0 atom stereocenters. The molecule has 4 nitrogen and oxygen atoms in total.